The van der Waals surface area contributed by atoms with Crippen molar-refractivity contribution >= 4 is 0 Å². The second kappa shape index (κ2) is 4.23. The minimum Gasteiger partial charge on any atom is -0.158 e. The summed E-state index contributed by atoms with van der Waals surface area (Å²) in [7, 11) is 0. The molecule has 0 radical (unpaired) electrons. The number of allylic oxidation sites excluding steroid dienone is 6. The fourth-order valence-electron chi connectivity index (χ4n) is 1.00. The first-order valence-electron chi connectivity index (χ1n) is 4.19. The predicted octanol–water partition coefficient (Wildman–Crippen LogP) is 3.27. The van der Waals surface area contributed by atoms with E-state index in [-0.39, 0.29) is 0 Å². The Morgan fingerprint density at radius 2 is 1.14 bits per heavy atom. The first kappa shape index (κ1) is 8.50. The third-order valence-corrected chi connectivity index (χ3v) is 1.63. The van der Waals surface area contributed by atoms with Crippen molar-refractivity contribution in [2.75, 3.05) is 0 Å². The lowest BCUT2D eigenvalue weighted by molar-refractivity contribution is 1.09. The Morgan fingerprint density at radius 3 is 1.64 bits per heavy atom. The largest absolute Gasteiger partial charge is 0.158 e. The topological polar surface area (TPSA) is 49.4 Å². The molecule has 0 aromatic carbocycles. The van der Waals surface area contributed by atoms with Gasteiger partial charge in [0, 0.05) is 12.4 Å². The molecule has 0 unspecified atom stereocenters. The second-order valence-corrected chi connectivity index (χ2v) is 2.60. The van der Waals surface area contributed by atoms with Gasteiger partial charge in [-0.25, -0.2) is 0 Å². The van der Waals surface area contributed by atoms with E-state index in [0.29, 0.717) is 11.4 Å². The average Bonchev–Trinajstić information content (AvgIpc) is 2.62. The Bertz CT molecular complexity index is 343. The molecule has 0 amide bonds. The van der Waals surface area contributed by atoms with Crippen LogP contribution in [0.15, 0.2) is 80.7 Å². The summed E-state index contributed by atoms with van der Waals surface area (Å²) in [5.41, 5.74) is 1.41. The minimum absolute atomic E-state index is 0.707. The molecule has 2 aliphatic rings. The summed E-state index contributed by atoms with van der Waals surface area (Å²) in [5.74, 6) is 0. The van der Waals surface area contributed by atoms with Gasteiger partial charge in [-0.05, 0) is 24.3 Å². The van der Waals surface area contributed by atoms with Crippen LogP contribution in [0.1, 0.15) is 0 Å². The minimum atomic E-state index is 0.707. The van der Waals surface area contributed by atoms with Crippen molar-refractivity contribution in [1.29, 1.82) is 0 Å². The third-order valence-electron chi connectivity index (χ3n) is 1.63. The molecular formula is C10H8N4. The van der Waals surface area contributed by atoms with Crippen LogP contribution in [0.2, 0.25) is 0 Å². The van der Waals surface area contributed by atoms with Gasteiger partial charge in [0.05, 0.1) is 0 Å². The van der Waals surface area contributed by atoms with Crippen LogP contribution in [-0.2, 0) is 0 Å². The zero-order valence-corrected chi connectivity index (χ0v) is 7.41. The molecule has 14 heavy (non-hydrogen) atoms. The maximum Gasteiger partial charge on any atom is 0.113 e. The summed E-state index contributed by atoms with van der Waals surface area (Å²) in [6.07, 6.45) is 14.3. The molecule has 2 rings (SSSR count). The SMILES string of the molecule is C1=CN=NC(=C2C=CC=CN=N2)C=C1. The fourth-order valence-corrected chi connectivity index (χ4v) is 1.00. The van der Waals surface area contributed by atoms with Crippen LogP contribution in [0.4, 0.5) is 0 Å². The summed E-state index contributed by atoms with van der Waals surface area (Å²) in [5, 5.41) is 15.6. The Hall–Kier alpha value is -2.10. The highest BCUT2D eigenvalue weighted by Gasteiger charge is 2.00. The van der Waals surface area contributed by atoms with Gasteiger partial charge < -0.3 is 0 Å². The zero-order valence-electron chi connectivity index (χ0n) is 7.41. The molecule has 0 aromatic rings. The van der Waals surface area contributed by atoms with Gasteiger partial charge in [0.1, 0.15) is 11.4 Å². The van der Waals surface area contributed by atoms with Crippen LogP contribution in [0.5, 0.6) is 0 Å². The van der Waals surface area contributed by atoms with Gasteiger partial charge in [0.25, 0.3) is 0 Å². The molecule has 0 bridgehead atoms. The predicted molar refractivity (Wildman–Crippen MR) is 53.3 cm³/mol. The molecule has 0 N–H and O–H groups in total. The van der Waals surface area contributed by atoms with Crippen molar-refractivity contribution in [3.63, 3.8) is 0 Å². The molecule has 2 heterocycles. The number of hydrogen-bond acceptors (Lipinski definition) is 4. The highest BCUT2D eigenvalue weighted by atomic mass is 15.1. The zero-order chi connectivity index (χ0) is 9.64. The van der Waals surface area contributed by atoms with Crippen molar-refractivity contribution in [3.05, 3.63) is 60.3 Å². The molecular weight excluding hydrogens is 176 g/mol. The van der Waals surface area contributed by atoms with Crippen LogP contribution in [0, 0.1) is 0 Å². The molecule has 2 aliphatic heterocycles. The van der Waals surface area contributed by atoms with Crippen molar-refractivity contribution in [2.45, 2.75) is 0 Å². The Kier molecular flexibility index (Phi) is 2.56. The van der Waals surface area contributed by atoms with E-state index < -0.39 is 0 Å². The summed E-state index contributed by atoms with van der Waals surface area (Å²) >= 11 is 0. The normalized spacial score (nSPS) is 24.0. The second-order valence-electron chi connectivity index (χ2n) is 2.60. The number of rotatable bonds is 0. The van der Waals surface area contributed by atoms with Crippen LogP contribution in [-0.4, -0.2) is 0 Å². The van der Waals surface area contributed by atoms with E-state index in [4.69, 9.17) is 0 Å². The molecule has 4 nitrogen and oxygen atoms in total. The first-order chi connectivity index (χ1) is 6.97. The van der Waals surface area contributed by atoms with E-state index in [1.807, 2.05) is 36.5 Å². The molecule has 0 atom stereocenters. The molecule has 68 valence electrons. The molecule has 0 aliphatic carbocycles. The quantitative estimate of drug-likeness (QED) is 0.554. The summed E-state index contributed by atoms with van der Waals surface area (Å²) in [6.45, 7) is 0. The van der Waals surface area contributed by atoms with Gasteiger partial charge in [-0.3, -0.25) is 0 Å². The standard InChI is InChI=1S/C10H8N4/c1-3-7-11-13-9(5-1)10-6-2-4-8-12-14-10/h1-8H. The summed E-state index contributed by atoms with van der Waals surface area (Å²) in [6, 6.07) is 0. The van der Waals surface area contributed by atoms with Gasteiger partial charge in [-0.2, -0.15) is 10.2 Å². The molecule has 0 saturated carbocycles. The lowest BCUT2D eigenvalue weighted by Gasteiger charge is -1.93. The third kappa shape index (κ3) is 1.98. The highest BCUT2D eigenvalue weighted by Crippen LogP contribution is 2.15. The van der Waals surface area contributed by atoms with E-state index in [0.717, 1.165) is 0 Å². The average molecular weight is 184 g/mol. The van der Waals surface area contributed by atoms with E-state index in [1.54, 1.807) is 12.4 Å². The van der Waals surface area contributed by atoms with Crippen molar-refractivity contribution in [3.8, 4) is 0 Å². The van der Waals surface area contributed by atoms with E-state index in [9.17, 15) is 0 Å². The smallest absolute Gasteiger partial charge is 0.113 e. The van der Waals surface area contributed by atoms with Crippen molar-refractivity contribution < 1.29 is 0 Å². The maximum atomic E-state index is 3.99. The van der Waals surface area contributed by atoms with Gasteiger partial charge in [-0.15, -0.1) is 10.2 Å². The molecule has 0 saturated heterocycles. The Labute approximate surface area is 81.5 Å². The lowest BCUT2D eigenvalue weighted by Crippen LogP contribution is -1.78. The molecule has 4 heteroatoms. The fraction of sp³-hybridized carbons (Fsp3) is 0. The van der Waals surface area contributed by atoms with Gasteiger partial charge in [0.2, 0.25) is 0 Å². The number of nitrogens with zero attached hydrogens (tertiary/aromatic N) is 4. The van der Waals surface area contributed by atoms with Crippen LogP contribution in [0.25, 0.3) is 0 Å². The highest BCUT2D eigenvalue weighted by molar-refractivity contribution is 5.35. The summed E-state index contributed by atoms with van der Waals surface area (Å²) in [4.78, 5) is 0. The Balaban J connectivity index is 2.39. The number of azo groups is 2. The molecule has 0 fully saturated rings. The molecule has 0 spiro atoms. The summed E-state index contributed by atoms with van der Waals surface area (Å²) < 4.78 is 0. The van der Waals surface area contributed by atoms with Crippen LogP contribution < -0.4 is 0 Å². The molecule has 0 aromatic heterocycles. The van der Waals surface area contributed by atoms with E-state index >= 15 is 0 Å². The van der Waals surface area contributed by atoms with E-state index in [1.165, 1.54) is 0 Å². The van der Waals surface area contributed by atoms with Gasteiger partial charge in [-0.1, -0.05) is 12.2 Å². The van der Waals surface area contributed by atoms with Gasteiger partial charge in [0.15, 0.2) is 0 Å². The van der Waals surface area contributed by atoms with Crippen LogP contribution >= 0.6 is 0 Å². The van der Waals surface area contributed by atoms with Crippen LogP contribution in [0.3, 0.4) is 0 Å². The van der Waals surface area contributed by atoms with Gasteiger partial charge >= 0.3 is 0 Å². The Morgan fingerprint density at radius 1 is 0.643 bits per heavy atom. The van der Waals surface area contributed by atoms with Crippen molar-refractivity contribution in [2.24, 2.45) is 20.5 Å². The maximum absolute atomic E-state index is 3.99. The lowest BCUT2D eigenvalue weighted by atomic mass is 10.3. The monoisotopic (exact) mass is 184 g/mol. The van der Waals surface area contributed by atoms with Crippen molar-refractivity contribution in [1.82, 2.24) is 0 Å². The number of hydrogen-bond donors (Lipinski definition) is 0. The first-order valence-corrected chi connectivity index (χ1v) is 4.19. The van der Waals surface area contributed by atoms with E-state index in [2.05, 4.69) is 20.5 Å².